The van der Waals surface area contributed by atoms with Crippen LogP contribution in [0.15, 0.2) is 39.9 Å². The highest BCUT2D eigenvalue weighted by molar-refractivity contribution is 9.10. The fraction of sp³-hybridized carbons (Fsp3) is 0.111. The van der Waals surface area contributed by atoms with Crippen LogP contribution in [0.25, 0.3) is 0 Å². The van der Waals surface area contributed by atoms with Gasteiger partial charge in [0, 0.05) is 22.1 Å². The van der Waals surface area contributed by atoms with E-state index in [4.69, 9.17) is 9.15 Å². The molecule has 0 unspecified atom stereocenters. The van der Waals surface area contributed by atoms with Crippen molar-refractivity contribution in [1.29, 1.82) is 0 Å². The lowest BCUT2D eigenvalue weighted by molar-refractivity contribution is 0.266. The smallest absolute Gasteiger partial charge is 0.264 e. The molecule has 2 aromatic rings. The topological polar surface area (TPSA) is 48.2 Å². The fourth-order valence-corrected chi connectivity index (χ4v) is 1.25. The second-order valence-corrected chi connectivity index (χ2v) is 3.24. The normalized spacial score (nSPS) is 10.1. The van der Waals surface area contributed by atoms with Crippen LogP contribution in [-0.4, -0.2) is 9.97 Å². The van der Waals surface area contributed by atoms with E-state index in [1.54, 1.807) is 18.6 Å². The van der Waals surface area contributed by atoms with E-state index in [1.807, 2.05) is 12.1 Å². The second-order valence-electron chi connectivity index (χ2n) is 2.56. The largest absolute Gasteiger partial charge is 0.484 e. The summed E-state index contributed by atoms with van der Waals surface area (Å²) in [5.74, 6) is 1.38. The van der Waals surface area contributed by atoms with Crippen LogP contribution in [-0.2, 0) is 6.61 Å². The number of aromatic nitrogens is 2. The number of rotatable bonds is 3. The molecule has 0 amide bonds. The average molecular weight is 255 g/mol. The summed E-state index contributed by atoms with van der Waals surface area (Å²) in [5.41, 5.74) is 0. The van der Waals surface area contributed by atoms with Gasteiger partial charge in [-0.3, -0.25) is 4.98 Å². The first-order chi connectivity index (χ1) is 6.84. The lowest BCUT2D eigenvalue weighted by atomic mass is 10.4. The highest BCUT2D eigenvalue weighted by Gasteiger charge is 2.01. The third-order valence-electron chi connectivity index (χ3n) is 1.54. The molecule has 2 heterocycles. The summed E-state index contributed by atoms with van der Waals surface area (Å²) in [7, 11) is 0. The average Bonchev–Trinajstić information content (AvgIpc) is 2.63. The number of oxazole rings is 1. The molecule has 0 bridgehead atoms. The number of hydrogen-bond acceptors (Lipinski definition) is 4. The molecule has 0 aliphatic rings. The van der Waals surface area contributed by atoms with Crippen molar-refractivity contribution in [3.63, 3.8) is 0 Å². The Bertz CT molecular complexity index is 402. The van der Waals surface area contributed by atoms with Crippen LogP contribution in [0.3, 0.4) is 0 Å². The Labute approximate surface area is 89.1 Å². The predicted octanol–water partition coefficient (Wildman–Crippen LogP) is 2.41. The van der Waals surface area contributed by atoms with E-state index in [-0.39, 0.29) is 0 Å². The molecule has 0 N–H and O–H groups in total. The van der Waals surface area contributed by atoms with Gasteiger partial charge in [-0.1, -0.05) is 0 Å². The third kappa shape index (κ3) is 2.32. The quantitative estimate of drug-likeness (QED) is 0.844. The Kier molecular flexibility index (Phi) is 2.78. The van der Waals surface area contributed by atoms with Crippen molar-refractivity contribution in [3.05, 3.63) is 41.3 Å². The first-order valence-corrected chi connectivity index (χ1v) is 4.77. The zero-order valence-electron chi connectivity index (χ0n) is 7.18. The minimum atomic E-state index is 0.351. The van der Waals surface area contributed by atoms with Crippen molar-refractivity contribution in [3.8, 4) is 5.75 Å². The van der Waals surface area contributed by atoms with Crippen molar-refractivity contribution in [1.82, 2.24) is 9.97 Å². The van der Waals surface area contributed by atoms with E-state index in [2.05, 4.69) is 25.9 Å². The van der Waals surface area contributed by atoms with E-state index in [1.165, 1.54) is 0 Å². The van der Waals surface area contributed by atoms with Gasteiger partial charge in [0.2, 0.25) is 0 Å². The molecule has 2 rings (SSSR count). The maximum absolute atomic E-state index is 5.39. The van der Waals surface area contributed by atoms with Crippen LogP contribution >= 0.6 is 15.9 Å². The number of pyridine rings is 1. The predicted molar refractivity (Wildman–Crippen MR) is 52.8 cm³/mol. The fourth-order valence-electron chi connectivity index (χ4n) is 0.937. The number of ether oxygens (including phenoxy) is 1. The highest BCUT2D eigenvalue weighted by atomic mass is 79.9. The molecule has 0 radical (unpaired) electrons. The standard InChI is InChI=1S/C9H7BrN2O2/c10-9-12-5-8(14-9)6-13-7-2-1-3-11-4-7/h1-5H,6H2. The molecule has 0 aliphatic heterocycles. The first-order valence-electron chi connectivity index (χ1n) is 3.97. The molecular weight excluding hydrogens is 248 g/mol. The molecule has 0 saturated carbocycles. The van der Waals surface area contributed by atoms with Gasteiger partial charge in [-0.2, -0.15) is 0 Å². The molecule has 5 heteroatoms. The number of hydrogen-bond donors (Lipinski definition) is 0. The van der Waals surface area contributed by atoms with Gasteiger partial charge < -0.3 is 9.15 Å². The molecule has 72 valence electrons. The Morgan fingerprint density at radius 2 is 2.36 bits per heavy atom. The molecular formula is C9H7BrN2O2. The first kappa shape index (κ1) is 9.21. The van der Waals surface area contributed by atoms with Crippen molar-refractivity contribution in [2.75, 3.05) is 0 Å². The maximum Gasteiger partial charge on any atom is 0.264 e. The minimum Gasteiger partial charge on any atom is -0.484 e. The summed E-state index contributed by atoms with van der Waals surface area (Å²) in [6, 6.07) is 3.64. The van der Waals surface area contributed by atoms with Crippen LogP contribution < -0.4 is 4.74 Å². The molecule has 14 heavy (non-hydrogen) atoms. The van der Waals surface area contributed by atoms with Gasteiger partial charge >= 0.3 is 0 Å². The molecule has 0 atom stereocenters. The van der Waals surface area contributed by atoms with Gasteiger partial charge in [0.05, 0.1) is 12.4 Å². The van der Waals surface area contributed by atoms with Crippen LogP contribution in [0.1, 0.15) is 5.76 Å². The van der Waals surface area contributed by atoms with E-state index < -0.39 is 0 Å². The monoisotopic (exact) mass is 254 g/mol. The molecule has 0 saturated heterocycles. The van der Waals surface area contributed by atoms with Crippen LogP contribution in [0.2, 0.25) is 0 Å². The van der Waals surface area contributed by atoms with Crippen molar-refractivity contribution < 1.29 is 9.15 Å². The number of halogens is 1. The zero-order valence-corrected chi connectivity index (χ0v) is 8.77. The Hall–Kier alpha value is -1.36. The van der Waals surface area contributed by atoms with Gasteiger partial charge in [0.1, 0.15) is 12.4 Å². The van der Waals surface area contributed by atoms with Crippen molar-refractivity contribution in [2.24, 2.45) is 0 Å². The molecule has 0 fully saturated rings. The van der Waals surface area contributed by atoms with Gasteiger partial charge in [-0.05, 0) is 12.1 Å². The molecule has 4 nitrogen and oxygen atoms in total. The second kappa shape index (κ2) is 4.23. The minimum absolute atomic E-state index is 0.351. The van der Waals surface area contributed by atoms with Crippen LogP contribution in [0, 0.1) is 0 Å². The summed E-state index contributed by atoms with van der Waals surface area (Å²) in [6.45, 7) is 0.351. The lowest BCUT2D eigenvalue weighted by Gasteiger charge is -2.01. The number of nitrogens with zero attached hydrogens (tertiary/aromatic N) is 2. The van der Waals surface area contributed by atoms with E-state index in [0.717, 1.165) is 0 Å². The van der Waals surface area contributed by atoms with Crippen LogP contribution in [0.4, 0.5) is 0 Å². The summed E-state index contributed by atoms with van der Waals surface area (Å²) < 4.78 is 10.6. The molecule has 2 aromatic heterocycles. The maximum atomic E-state index is 5.39. The Morgan fingerprint density at radius 1 is 1.43 bits per heavy atom. The van der Waals surface area contributed by atoms with E-state index >= 15 is 0 Å². The lowest BCUT2D eigenvalue weighted by Crippen LogP contribution is -1.93. The van der Waals surface area contributed by atoms with Gasteiger partial charge in [0.25, 0.3) is 4.80 Å². The summed E-state index contributed by atoms with van der Waals surface area (Å²) >= 11 is 3.11. The van der Waals surface area contributed by atoms with Gasteiger partial charge in [-0.15, -0.1) is 0 Å². The Morgan fingerprint density at radius 3 is 3.00 bits per heavy atom. The third-order valence-corrected chi connectivity index (χ3v) is 1.91. The SMILES string of the molecule is Brc1ncc(COc2cccnc2)o1. The summed E-state index contributed by atoms with van der Waals surface area (Å²) in [5, 5.41) is 0. The molecule has 0 aliphatic carbocycles. The Balaban J connectivity index is 1.95. The van der Waals surface area contributed by atoms with Gasteiger partial charge in [-0.25, -0.2) is 4.98 Å². The molecule has 0 spiro atoms. The van der Waals surface area contributed by atoms with E-state index in [9.17, 15) is 0 Å². The highest BCUT2D eigenvalue weighted by Crippen LogP contribution is 2.13. The zero-order chi connectivity index (χ0) is 9.80. The summed E-state index contributed by atoms with van der Waals surface area (Å²) in [6.07, 6.45) is 4.95. The summed E-state index contributed by atoms with van der Waals surface area (Å²) in [4.78, 5) is 8.27. The van der Waals surface area contributed by atoms with E-state index in [0.29, 0.717) is 22.9 Å². The van der Waals surface area contributed by atoms with Crippen molar-refractivity contribution >= 4 is 15.9 Å². The van der Waals surface area contributed by atoms with Crippen LogP contribution in [0.5, 0.6) is 5.75 Å². The van der Waals surface area contributed by atoms with Gasteiger partial charge in [0.15, 0.2) is 5.76 Å². The van der Waals surface area contributed by atoms with Crippen molar-refractivity contribution in [2.45, 2.75) is 6.61 Å². The molecule has 0 aromatic carbocycles.